The number of esters is 1. The van der Waals surface area contributed by atoms with Gasteiger partial charge in [-0.05, 0) is 120 Å². The Morgan fingerprint density at radius 3 is 2.15 bits per heavy atom. The molecule has 3 aliphatic heterocycles. The van der Waals surface area contributed by atoms with Gasteiger partial charge in [0.1, 0.15) is 30.5 Å². The van der Waals surface area contributed by atoms with Crippen molar-refractivity contribution < 1.29 is 81.9 Å². The number of aliphatic hydroxyl groups excluding tert-OH is 2. The fourth-order valence-corrected chi connectivity index (χ4v) is 11.0. The van der Waals surface area contributed by atoms with Gasteiger partial charge in [0.05, 0.1) is 64.6 Å². The monoisotopic (exact) mass is 1120 g/mol. The average Bonchev–Trinajstić information content (AvgIpc) is 3.44. The predicted molar refractivity (Wildman–Crippen MR) is 295 cm³/mol. The summed E-state index contributed by atoms with van der Waals surface area (Å²) < 4.78 is 51.3. The Kier molecular flexibility index (Phi) is 30.1. The van der Waals surface area contributed by atoms with Gasteiger partial charge in [-0.25, -0.2) is 9.59 Å². The summed E-state index contributed by atoms with van der Waals surface area (Å²) in [7, 11) is 4.74. The lowest BCUT2D eigenvalue weighted by Gasteiger charge is -2.42. The molecule has 4 rings (SSSR count). The maximum absolute atomic E-state index is 14.5. The van der Waals surface area contributed by atoms with Crippen molar-refractivity contribution in [1.29, 1.82) is 0 Å². The molecular weight excluding hydrogens is 1020 g/mol. The van der Waals surface area contributed by atoms with Gasteiger partial charge in [0.2, 0.25) is 5.79 Å². The normalized spacial score (nSPS) is 35.2. The standard InChI is InChI=1S/C59H97N3O17/c1-38-15-11-10-12-16-40(3)50(72-8)37-45-21-19-43(6)59(70,79-45)55(66)56(67)62-25-14-13-17-47(62)57(68)77-48(22-18-39(2)34-42(5)53(64)54(65)52(63)41(4)33-38)46(60)35-44-20-23-49(51(36-44)73-9)78-58(69)61-24-26-74-29-30-76-32-31-75-28-27-71-7/h10-12,15-16,34,38-39,41,43-51,53-54,64-65,70H,13-14,17-33,35-37,60H2,1-9H3,(H,61,69)/b12-10+,15-11+,40-16+,42-34+/t38-,39+,41-,43-,44?,45+,46-,47+,48+,49-,50+,51-,53-,54+,59-/m1/s1. The van der Waals surface area contributed by atoms with Crippen molar-refractivity contribution in [2.45, 2.75) is 186 Å². The van der Waals surface area contributed by atoms with Gasteiger partial charge in [0.15, 0.2) is 5.78 Å². The van der Waals surface area contributed by atoms with Crippen LogP contribution in [0.4, 0.5) is 4.79 Å². The minimum Gasteiger partial charge on any atom is -0.459 e. The van der Waals surface area contributed by atoms with Gasteiger partial charge < -0.3 is 73.9 Å². The van der Waals surface area contributed by atoms with Crippen LogP contribution in [0.25, 0.3) is 0 Å². The SMILES string of the molecule is COCCOCCOCCOCCNC(=O)O[C@@H]1CCC(C[C@@H](N)[C@@H]2CC[C@H](C)/C=C(\C)[C@@H](O)[C@@H](O)C(=O)[C@H](C)C[C@H](C)/C=C/C=C/C=C(\C)[C@@H](OC)C[C@@H]3CC[C@@H](C)[C@@](O)(O3)C(=O)C(=O)N3CCCC[C@H]3C(=O)O2)C[C@H]1OC. The number of methoxy groups -OCH3 is 3. The molecule has 3 heterocycles. The van der Waals surface area contributed by atoms with E-state index in [4.69, 9.17) is 48.4 Å². The number of aliphatic hydroxyl groups is 3. The van der Waals surface area contributed by atoms with Gasteiger partial charge in [-0.3, -0.25) is 14.4 Å². The van der Waals surface area contributed by atoms with Crippen LogP contribution in [0.15, 0.2) is 47.6 Å². The lowest BCUT2D eigenvalue weighted by Crippen LogP contribution is -2.61. The van der Waals surface area contributed by atoms with Crippen molar-refractivity contribution in [3.05, 3.63) is 47.6 Å². The molecule has 450 valence electrons. The third-order valence-electron chi connectivity index (χ3n) is 15.9. The Hall–Kier alpha value is -3.93. The van der Waals surface area contributed by atoms with Gasteiger partial charge in [-0.15, -0.1) is 0 Å². The highest BCUT2D eigenvalue weighted by atomic mass is 16.6. The fraction of sp³-hybridized carbons (Fsp3) is 0.780. The molecule has 1 saturated carbocycles. The number of rotatable bonds is 18. The Morgan fingerprint density at radius 2 is 1.47 bits per heavy atom. The zero-order valence-electron chi connectivity index (χ0n) is 48.7. The topological polar surface area (TPSA) is 270 Å². The molecule has 6 N–H and O–H groups in total. The second-order valence-corrected chi connectivity index (χ2v) is 22.3. The number of alkyl carbamates (subject to hydrolysis) is 1. The lowest BCUT2D eigenvalue weighted by molar-refractivity contribution is -0.265. The first-order chi connectivity index (χ1) is 37.7. The molecule has 79 heavy (non-hydrogen) atoms. The first-order valence-electron chi connectivity index (χ1n) is 28.8. The van der Waals surface area contributed by atoms with Crippen molar-refractivity contribution in [2.24, 2.45) is 35.3 Å². The van der Waals surface area contributed by atoms with E-state index in [1.807, 2.05) is 51.2 Å². The van der Waals surface area contributed by atoms with Crippen LogP contribution in [0.3, 0.4) is 0 Å². The van der Waals surface area contributed by atoms with Gasteiger partial charge >= 0.3 is 12.1 Å². The number of nitrogens with one attached hydrogen (secondary N) is 1. The van der Waals surface area contributed by atoms with E-state index in [-0.39, 0.29) is 50.3 Å². The predicted octanol–water partition coefficient (Wildman–Crippen LogP) is 5.47. The number of Topliss-reactive ketones (excluding diaryl/α,β-unsaturated/α-hetero) is 2. The van der Waals surface area contributed by atoms with Crippen LogP contribution < -0.4 is 11.1 Å². The summed E-state index contributed by atoms with van der Waals surface area (Å²) in [5.41, 5.74) is 8.32. The number of carbonyl (C=O) groups excluding carboxylic acids is 5. The Bertz CT molecular complexity index is 2020. The molecule has 2 saturated heterocycles. The molecule has 20 nitrogen and oxygen atoms in total. The summed E-state index contributed by atoms with van der Waals surface area (Å²) in [6, 6.07) is -1.84. The maximum atomic E-state index is 14.5. The van der Waals surface area contributed by atoms with Crippen molar-refractivity contribution in [2.75, 3.05) is 80.7 Å². The Labute approximate surface area is 469 Å². The number of allylic oxidation sites excluding steroid dienone is 6. The molecule has 0 radical (unpaired) electrons. The van der Waals surface area contributed by atoms with E-state index < -0.39 is 102 Å². The quantitative estimate of drug-likeness (QED) is 0.0493. The van der Waals surface area contributed by atoms with Crippen molar-refractivity contribution >= 4 is 29.5 Å². The van der Waals surface area contributed by atoms with Crippen LogP contribution in [-0.4, -0.2) is 191 Å². The Balaban J connectivity index is 1.51. The first-order valence-corrected chi connectivity index (χ1v) is 28.8. The summed E-state index contributed by atoms with van der Waals surface area (Å²) in [5.74, 6) is -7.32. The number of hydrogen-bond donors (Lipinski definition) is 5. The van der Waals surface area contributed by atoms with Crippen LogP contribution in [0, 0.1) is 29.6 Å². The summed E-state index contributed by atoms with van der Waals surface area (Å²) >= 11 is 0. The summed E-state index contributed by atoms with van der Waals surface area (Å²) in [4.78, 5) is 70.7. The highest BCUT2D eigenvalue weighted by molar-refractivity contribution is 6.39. The fourth-order valence-electron chi connectivity index (χ4n) is 11.0. The van der Waals surface area contributed by atoms with E-state index >= 15 is 0 Å². The molecule has 0 aromatic carbocycles. The second kappa shape index (κ2) is 35.2. The van der Waals surface area contributed by atoms with Crippen LogP contribution in [-0.2, 0) is 61.8 Å². The van der Waals surface area contributed by atoms with E-state index in [1.54, 1.807) is 48.2 Å². The van der Waals surface area contributed by atoms with Gasteiger partial charge in [-0.1, -0.05) is 64.2 Å². The smallest absolute Gasteiger partial charge is 0.407 e. The van der Waals surface area contributed by atoms with Crippen molar-refractivity contribution in [3.63, 3.8) is 0 Å². The van der Waals surface area contributed by atoms with Gasteiger partial charge in [0, 0.05) is 58.7 Å². The minimum atomic E-state index is -2.44. The van der Waals surface area contributed by atoms with E-state index in [0.29, 0.717) is 116 Å². The maximum Gasteiger partial charge on any atom is 0.407 e. The van der Waals surface area contributed by atoms with Gasteiger partial charge in [0.25, 0.3) is 11.7 Å². The lowest BCUT2D eigenvalue weighted by atomic mass is 9.80. The molecule has 0 aromatic heterocycles. The van der Waals surface area contributed by atoms with E-state index in [0.717, 1.165) is 5.57 Å². The number of fused-ring (bicyclic) bond motifs is 3. The molecule has 15 atom stereocenters. The van der Waals surface area contributed by atoms with E-state index in [2.05, 4.69) is 5.32 Å². The first kappa shape index (κ1) is 67.6. The molecule has 2 amide bonds. The number of ketones is 2. The number of nitrogens with zero attached hydrogens (tertiary/aromatic N) is 1. The van der Waals surface area contributed by atoms with Crippen LogP contribution >= 0.6 is 0 Å². The number of hydrogen-bond acceptors (Lipinski definition) is 18. The van der Waals surface area contributed by atoms with E-state index in [9.17, 15) is 39.3 Å². The molecule has 2 bridgehead atoms. The minimum absolute atomic E-state index is 0.0118. The summed E-state index contributed by atoms with van der Waals surface area (Å²) in [6.45, 7) is 14.1. The highest BCUT2D eigenvalue weighted by Gasteiger charge is 2.53. The molecule has 20 heteroatoms. The molecule has 0 aromatic rings. The van der Waals surface area contributed by atoms with E-state index in [1.165, 1.54) is 4.90 Å². The number of piperidine rings is 1. The number of amides is 2. The molecule has 4 aliphatic rings. The summed E-state index contributed by atoms with van der Waals surface area (Å²) in [6.07, 6.45) is 10.4. The van der Waals surface area contributed by atoms with Crippen molar-refractivity contribution in [3.8, 4) is 0 Å². The molecular formula is C59H97N3O17. The number of cyclic esters (lactones) is 1. The highest BCUT2D eigenvalue weighted by Crippen LogP contribution is 2.37. The van der Waals surface area contributed by atoms with Crippen molar-refractivity contribution in [1.82, 2.24) is 10.2 Å². The van der Waals surface area contributed by atoms with Crippen LogP contribution in [0.2, 0.25) is 0 Å². The third-order valence-corrected chi connectivity index (χ3v) is 15.9. The number of nitrogens with two attached hydrogens (primary N) is 1. The van der Waals surface area contributed by atoms with Gasteiger partial charge in [-0.2, -0.15) is 0 Å². The van der Waals surface area contributed by atoms with Crippen LogP contribution in [0.1, 0.15) is 125 Å². The molecule has 1 aliphatic carbocycles. The zero-order valence-corrected chi connectivity index (χ0v) is 48.7. The third kappa shape index (κ3) is 21.7. The zero-order chi connectivity index (χ0) is 58.1. The molecule has 1 unspecified atom stereocenters. The summed E-state index contributed by atoms with van der Waals surface area (Å²) in [5, 5.41) is 37.1. The second-order valence-electron chi connectivity index (χ2n) is 22.3. The average molecular weight is 1120 g/mol. The molecule has 0 spiro atoms. The Morgan fingerprint density at radius 1 is 0.772 bits per heavy atom. The molecule has 3 fully saturated rings. The van der Waals surface area contributed by atoms with Crippen LogP contribution in [0.5, 0.6) is 0 Å². The number of ether oxygens (including phenoxy) is 9. The largest absolute Gasteiger partial charge is 0.459 e. The number of carbonyl (C=O) groups is 5.